The van der Waals surface area contributed by atoms with Gasteiger partial charge < -0.3 is 15.8 Å². The number of nitrogens with zero attached hydrogens (tertiary/aromatic N) is 1. The van der Waals surface area contributed by atoms with Crippen LogP contribution in [-0.4, -0.2) is 23.3 Å². The molecule has 0 radical (unpaired) electrons. The van der Waals surface area contributed by atoms with Crippen LogP contribution in [0.15, 0.2) is 36.4 Å². The minimum absolute atomic E-state index is 0.0283. The van der Waals surface area contributed by atoms with Crippen LogP contribution >= 0.6 is 11.6 Å². The first kappa shape index (κ1) is 18.2. The smallest absolute Gasteiger partial charge is 0.288 e. The van der Waals surface area contributed by atoms with Crippen molar-refractivity contribution in [2.45, 2.75) is 6.92 Å². The quantitative estimate of drug-likeness (QED) is 0.602. The van der Waals surface area contributed by atoms with Crippen LogP contribution in [0.3, 0.4) is 0 Å². The van der Waals surface area contributed by atoms with E-state index < -0.39 is 22.4 Å². The number of hydrogen-bond acceptors (Lipinski definition) is 5. The molecular weight excluding hydrogens is 350 g/mol. The molecule has 0 heterocycles. The van der Waals surface area contributed by atoms with Gasteiger partial charge >= 0.3 is 0 Å². The van der Waals surface area contributed by atoms with Crippen molar-refractivity contribution in [3.8, 4) is 5.75 Å². The van der Waals surface area contributed by atoms with Gasteiger partial charge in [0, 0.05) is 6.07 Å². The van der Waals surface area contributed by atoms with Crippen LogP contribution in [0.25, 0.3) is 0 Å². The fourth-order valence-electron chi connectivity index (χ4n) is 2.13. The number of anilines is 1. The second-order valence-electron chi connectivity index (χ2n) is 4.85. The van der Waals surface area contributed by atoms with Crippen molar-refractivity contribution < 1.29 is 19.2 Å². The summed E-state index contributed by atoms with van der Waals surface area (Å²) >= 11 is 5.84. The third-order valence-electron chi connectivity index (χ3n) is 3.23. The second kappa shape index (κ2) is 7.63. The lowest BCUT2D eigenvalue weighted by atomic mass is 10.1. The average Bonchev–Trinajstić information content (AvgIpc) is 2.55. The summed E-state index contributed by atoms with van der Waals surface area (Å²) in [6, 6.07) is 8.55. The van der Waals surface area contributed by atoms with Gasteiger partial charge in [-0.25, -0.2) is 0 Å². The molecular formula is C16H14ClN3O5. The molecule has 0 fully saturated rings. The van der Waals surface area contributed by atoms with E-state index in [2.05, 4.69) is 5.32 Å². The highest BCUT2D eigenvalue weighted by Crippen LogP contribution is 2.31. The standard InChI is InChI=1S/C16H14ClN3O5/c1-2-25-14-6-4-3-5-9(14)16(22)19-12-8-11(17)13(20(23)24)7-10(12)15(18)21/h3-8H,2H2,1H3,(H2,18,21)(H,19,22). The number of halogens is 1. The average molecular weight is 364 g/mol. The maximum atomic E-state index is 12.5. The van der Waals surface area contributed by atoms with Gasteiger partial charge in [0.15, 0.2) is 0 Å². The fourth-order valence-corrected chi connectivity index (χ4v) is 2.37. The van der Waals surface area contributed by atoms with Gasteiger partial charge in [0.25, 0.3) is 17.5 Å². The largest absolute Gasteiger partial charge is 0.493 e. The highest BCUT2D eigenvalue weighted by atomic mass is 35.5. The Balaban J connectivity index is 2.43. The summed E-state index contributed by atoms with van der Waals surface area (Å²) < 4.78 is 5.38. The Labute approximate surface area is 147 Å². The topological polar surface area (TPSA) is 125 Å². The van der Waals surface area contributed by atoms with E-state index in [0.29, 0.717) is 12.4 Å². The number of amides is 2. The van der Waals surface area contributed by atoms with E-state index in [4.69, 9.17) is 22.1 Å². The van der Waals surface area contributed by atoms with Crippen molar-refractivity contribution in [2.75, 3.05) is 11.9 Å². The van der Waals surface area contributed by atoms with Gasteiger partial charge in [0.2, 0.25) is 0 Å². The predicted octanol–water partition coefficient (Wildman–Crippen LogP) is 3.00. The maximum Gasteiger partial charge on any atom is 0.288 e. The Morgan fingerprint density at radius 1 is 1.28 bits per heavy atom. The van der Waals surface area contributed by atoms with Gasteiger partial charge in [-0.05, 0) is 25.1 Å². The van der Waals surface area contributed by atoms with Gasteiger partial charge in [0.05, 0.1) is 28.3 Å². The first-order valence-electron chi connectivity index (χ1n) is 7.16. The monoisotopic (exact) mass is 363 g/mol. The van der Waals surface area contributed by atoms with E-state index in [1.165, 1.54) is 6.07 Å². The van der Waals surface area contributed by atoms with Crippen molar-refractivity contribution in [2.24, 2.45) is 5.73 Å². The molecule has 3 N–H and O–H groups in total. The van der Waals surface area contributed by atoms with Gasteiger partial charge in [-0.1, -0.05) is 23.7 Å². The number of nitro benzene ring substituents is 1. The number of nitrogens with one attached hydrogen (secondary N) is 1. The first-order valence-corrected chi connectivity index (χ1v) is 7.53. The molecule has 2 rings (SSSR count). The van der Waals surface area contributed by atoms with E-state index in [1.54, 1.807) is 25.1 Å². The van der Waals surface area contributed by atoms with E-state index in [-0.39, 0.29) is 21.8 Å². The van der Waals surface area contributed by atoms with Gasteiger partial charge in [-0.3, -0.25) is 19.7 Å². The lowest BCUT2D eigenvalue weighted by Gasteiger charge is -2.12. The van der Waals surface area contributed by atoms with E-state index in [1.807, 2.05) is 0 Å². The van der Waals surface area contributed by atoms with Crippen LogP contribution in [0, 0.1) is 10.1 Å². The SMILES string of the molecule is CCOc1ccccc1C(=O)Nc1cc(Cl)c([N+](=O)[O-])cc1C(N)=O. The number of nitro groups is 1. The number of ether oxygens (including phenoxy) is 1. The predicted molar refractivity (Wildman–Crippen MR) is 92.2 cm³/mol. The molecule has 2 aromatic rings. The molecule has 25 heavy (non-hydrogen) atoms. The molecule has 0 spiro atoms. The van der Waals surface area contributed by atoms with Gasteiger partial charge in [0.1, 0.15) is 10.8 Å². The van der Waals surface area contributed by atoms with Gasteiger partial charge in [-0.15, -0.1) is 0 Å². The highest BCUT2D eigenvalue weighted by Gasteiger charge is 2.22. The molecule has 130 valence electrons. The molecule has 2 aromatic carbocycles. The second-order valence-corrected chi connectivity index (χ2v) is 5.26. The molecule has 0 aliphatic carbocycles. The zero-order chi connectivity index (χ0) is 18.6. The Hall–Kier alpha value is -3.13. The Bertz CT molecular complexity index is 854. The number of primary amides is 1. The number of carbonyl (C=O) groups is 2. The van der Waals surface area contributed by atoms with Crippen LogP contribution in [0.2, 0.25) is 5.02 Å². The molecule has 0 saturated carbocycles. The normalized spacial score (nSPS) is 10.2. The van der Waals surface area contributed by atoms with Crippen LogP contribution in [0.5, 0.6) is 5.75 Å². The van der Waals surface area contributed by atoms with Crippen molar-refractivity contribution in [1.82, 2.24) is 0 Å². The minimum atomic E-state index is -0.937. The molecule has 0 bridgehead atoms. The summed E-state index contributed by atoms with van der Waals surface area (Å²) in [5.41, 5.74) is 4.74. The van der Waals surface area contributed by atoms with Crippen molar-refractivity contribution >= 4 is 34.8 Å². The number of nitrogens with two attached hydrogens (primary N) is 1. The zero-order valence-electron chi connectivity index (χ0n) is 13.1. The lowest BCUT2D eigenvalue weighted by molar-refractivity contribution is -0.384. The lowest BCUT2D eigenvalue weighted by Crippen LogP contribution is -2.19. The minimum Gasteiger partial charge on any atom is -0.493 e. The third kappa shape index (κ3) is 4.04. The van der Waals surface area contributed by atoms with Crippen molar-refractivity contribution in [3.05, 3.63) is 62.7 Å². The summed E-state index contributed by atoms with van der Waals surface area (Å²) in [7, 11) is 0. The van der Waals surface area contributed by atoms with E-state index in [0.717, 1.165) is 12.1 Å². The molecule has 0 unspecified atom stereocenters. The van der Waals surface area contributed by atoms with Crippen LogP contribution < -0.4 is 15.8 Å². The number of hydrogen-bond donors (Lipinski definition) is 2. The van der Waals surface area contributed by atoms with Crippen LogP contribution in [0.4, 0.5) is 11.4 Å². The van der Waals surface area contributed by atoms with Crippen LogP contribution in [-0.2, 0) is 0 Å². The van der Waals surface area contributed by atoms with Crippen LogP contribution in [0.1, 0.15) is 27.6 Å². The zero-order valence-corrected chi connectivity index (χ0v) is 13.9. The van der Waals surface area contributed by atoms with Gasteiger partial charge in [-0.2, -0.15) is 0 Å². The highest BCUT2D eigenvalue weighted by molar-refractivity contribution is 6.33. The first-order chi connectivity index (χ1) is 11.8. The molecule has 8 nitrogen and oxygen atoms in total. The summed E-state index contributed by atoms with van der Waals surface area (Å²) in [5.74, 6) is -1.15. The molecule has 9 heteroatoms. The maximum absolute atomic E-state index is 12.5. The Morgan fingerprint density at radius 3 is 2.56 bits per heavy atom. The molecule has 0 aliphatic rings. The van der Waals surface area contributed by atoms with Crippen molar-refractivity contribution in [3.63, 3.8) is 0 Å². The summed E-state index contributed by atoms with van der Waals surface area (Å²) in [6.07, 6.45) is 0. The molecule has 2 amide bonds. The summed E-state index contributed by atoms with van der Waals surface area (Å²) in [6.45, 7) is 2.14. The Kier molecular flexibility index (Phi) is 5.56. The summed E-state index contributed by atoms with van der Waals surface area (Å²) in [4.78, 5) is 34.3. The van der Waals surface area contributed by atoms with Crippen molar-refractivity contribution in [1.29, 1.82) is 0 Å². The fraction of sp³-hybridized carbons (Fsp3) is 0.125. The molecule has 0 aliphatic heterocycles. The summed E-state index contributed by atoms with van der Waals surface area (Å²) in [5, 5.41) is 13.2. The molecule has 0 atom stereocenters. The van der Waals surface area contributed by atoms with E-state index in [9.17, 15) is 19.7 Å². The number of para-hydroxylation sites is 1. The van der Waals surface area contributed by atoms with E-state index >= 15 is 0 Å². The molecule has 0 saturated heterocycles. The number of rotatable bonds is 6. The molecule has 0 aromatic heterocycles. The number of benzene rings is 2. The Morgan fingerprint density at radius 2 is 1.96 bits per heavy atom. The third-order valence-corrected chi connectivity index (χ3v) is 3.53. The number of carbonyl (C=O) groups excluding carboxylic acids is 2.